The fourth-order valence-corrected chi connectivity index (χ4v) is 3.81. The van der Waals surface area contributed by atoms with Gasteiger partial charge in [-0.25, -0.2) is 0 Å². The zero-order valence-electron chi connectivity index (χ0n) is 13.1. The first-order valence-electron chi connectivity index (χ1n) is 7.06. The van der Waals surface area contributed by atoms with E-state index in [0.29, 0.717) is 16.4 Å². The van der Waals surface area contributed by atoms with Crippen LogP contribution in [0.15, 0.2) is 0 Å². The molecule has 1 saturated carbocycles. The molecule has 0 aromatic rings. The van der Waals surface area contributed by atoms with Gasteiger partial charge in [0.15, 0.2) is 8.32 Å². The molecule has 1 rings (SSSR count). The second-order valence-corrected chi connectivity index (χ2v) is 13.0. The number of rotatable bonds is 4. The molecule has 0 amide bonds. The Morgan fingerprint density at radius 2 is 1.95 bits per heavy atom. The molecule has 0 radical (unpaired) electrons. The molecule has 0 spiro atoms. The molecule has 0 bridgehead atoms. The molecule has 0 aromatic heterocycles. The molecule has 0 aliphatic heterocycles. The summed E-state index contributed by atoms with van der Waals surface area (Å²) in [5, 5.41) is 0.273. The first-order chi connectivity index (χ1) is 8.67. The standard InChI is InChI=1S/C14H28O2S2Si/c1-14(2,3)19(5,6)16-12-9-7-8-11(12)10-15-13(17)18-4/h11-12H,7-10H2,1-6H3/t11-,12?/m0/s1. The fourth-order valence-electron chi connectivity index (χ4n) is 2.14. The predicted molar refractivity (Wildman–Crippen MR) is 91.5 cm³/mol. The average Bonchev–Trinajstić information content (AvgIpc) is 2.71. The van der Waals surface area contributed by atoms with Gasteiger partial charge >= 0.3 is 0 Å². The maximum absolute atomic E-state index is 6.55. The number of hydrogen-bond donors (Lipinski definition) is 0. The third kappa shape index (κ3) is 5.03. The van der Waals surface area contributed by atoms with Gasteiger partial charge < -0.3 is 9.16 Å². The number of hydrogen-bond acceptors (Lipinski definition) is 4. The van der Waals surface area contributed by atoms with Crippen LogP contribution in [0.4, 0.5) is 0 Å². The first kappa shape index (κ1) is 17.5. The summed E-state index contributed by atoms with van der Waals surface area (Å²) in [4.78, 5) is 0. The van der Waals surface area contributed by atoms with Crippen molar-refractivity contribution in [3.63, 3.8) is 0 Å². The van der Waals surface area contributed by atoms with Crippen molar-refractivity contribution >= 4 is 36.7 Å². The minimum atomic E-state index is -1.67. The summed E-state index contributed by atoms with van der Waals surface area (Å²) in [6.07, 6.45) is 5.95. The number of thiocarbonyl (C=S) groups is 1. The van der Waals surface area contributed by atoms with E-state index in [-0.39, 0.29) is 5.04 Å². The molecule has 0 aromatic carbocycles. The summed E-state index contributed by atoms with van der Waals surface area (Å²) < 4.78 is 12.8. The smallest absolute Gasteiger partial charge is 0.219 e. The number of thioether (sulfide) groups is 1. The van der Waals surface area contributed by atoms with Crippen LogP contribution in [0.2, 0.25) is 18.1 Å². The second-order valence-electron chi connectivity index (χ2n) is 6.87. The molecule has 1 unspecified atom stereocenters. The van der Waals surface area contributed by atoms with Crippen LogP contribution >= 0.6 is 24.0 Å². The van der Waals surface area contributed by atoms with Crippen LogP contribution in [-0.2, 0) is 9.16 Å². The summed E-state index contributed by atoms with van der Waals surface area (Å²) in [5.74, 6) is 0.513. The van der Waals surface area contributed by atoms with Crippen LogP contribution in [-0.4, -0.2) is 31.7 Å². The molecular weight excluding hydrogens is 292 g/mol. The molecule has 0 N–H and O–H groups in total. The van der Waals surface area contributed by atoms with E-state index in [1.807, 2.05) is 6.26 Å². The van der Waals surface area contributed by atoms with Crippen molar-refractivity contribution in [3.05, 3.63) is 0 Å². The summed E-state index contributed by atoms with van der Waals surface area (Å²) in [6.45, 7) is 12.3. The molecule has 0 heterocycles. The number of ether oxygens (including phenoxy) is 1. The lowest BCUT2D eigenvalue weighted by Gasteiger charge is -2.39. The molecule has 0 saturated heterocycles. The highest BCUT2D eigenvalue weighted by molar-refractivity contribution is 8.22. The van der Waals surface area contributed by atoms with Gasteiger partial charge in [-0.3, -0.25) is 0 Å². The van der Waals surface area contributed by atoms with Crippen LogP contribution in [0.1, 0.15) is 40.0 Å². The molecular formula is C14H28O2S2Si. The van der Waals surface area contributed by atoms with Gasteiger partial charge in [0.1, 0.15) is 0 Å². The molecule has 1 aliphatic carbocycles. The highest BCUT2D eigenvalue weighted by atomic mass is 32.2. The Labute approximate surface area is 129 Å². The van der Waals surface area contributed by atoms with Crippen LogP contribution in [0.3, 0.4) is 0 Å². The van der Waals surface area contributed by atoms with E-state index in [4.69, 9.17) is 21.4 Å². The molecule has 2 nitrogen and oxygen atoms in total. The lowest BCUT2D eigenvalue weighted by molar-refractivity contribution is 0.105. The highest BCUT2D eigenvalue weighted by Gasteiger charge is 2.42. The van der Waals surface area contributed by atoms with Gasteiger partial charge in [0.2, 0.25) is 4.38 Å². The Hall–Kier alpha value is 0.417. The van der Waals surface area contributed by atoms with E-state index in [1.54, 1.807) is 0 Å². The van der Waals surface area contributed by atoms with E-state index >= 15 is 0 Å². The van der Waals surface area contributed by atoms with E-state index < -0.39 is 8.32 Å². The first-order valence-corrected chi connectivity index (χ1v) is 11.6. The highest BCUT2D eigenvalue weighted by Crippen LogP contribution is 2.40. The van der Waals surface area contributed by atoms with E-state index in [1.165, 1.54) is 31.0 Å². The van der Waals surface area contributed by atoms with Crippen molar-refractivity contribution in [2.45, 2.75) is 64.3 Å². The van der Waals surface area contributed by atoms with Crippen molar-refractivity contribution in [3.8, 4) is 0 Å². The Morgan fingerprint density at radius 3 is 2.47 bits per heavy atom. The Bertz CT molecular complexity index is 313. The zero-order chi connectivity index (χ0) is 14.7. The van der Waals surface area contributed by atoms with Crippen molar-refractivity contribution in [1.82, 2.24) is 0 Å². The molecule has 19 heavy (non-hydrogen) atoms. The molecule has 1 aliphatic rings. The minimum absolute atomic E-state index is 0.273. The van der Waals surface area contributed by atoms with Gasteiger partial charge in [-0.1, -0.05) is 39.0 Å². The Morgan fingerprint density at radius 1 is 1.32 bits per heavy atom. The van der Waals surface area contributed by atoms with Gasteiger partial charge in [0, 0.05) is 5.92 Å². The second kappa shape index (κ2) is 6.92. The fraction of sp³-hybridized carbons (Fsp3) is 0.929. The topological polar surface area (TPSA) is 18.5 Å². The maximum Gasteiger partial charge on any atom is 0.219 e. The van der Waals surface area contributed by atoms with Crippen molar-refractivity contribution in [2.24, 2.45) is 5.92 Å². The zero-order valence-corrected chi connectivity index (χ0v) is 15.7. The Kier molecular flexibility index (Phi) is 6.36. The SMILES string of the molecule is CSC(=S)OC[C@@H]1CCCC1O[Si](C)(C)C(C)(C)C. The molecule has 2 atom stereocenters. The van der Waals surface area contributed by atoms with Crippen molar-refractivity contribution in [1.29, 1.82) is 0 Å². The summed E-state index contributed by atoms with van der Waals surface area (Å²) in [5.41, 5.74) is 0. The lowest BCUT2D eigenvalue weighted by Crippen LogP contribution is -2.45. The van der Waals surface area contributed by atoms with Crippen LogP contribution in [0.25, 0.3) is 0 Å². The largest absolute Gasteiger partial charge is 0.478 e. The van der Waals surface area contributed by atoms with Gasteiger partial charge in [-0.05, 0) is 49.4 Å². The van der Waals surface area contributed by atoms with E-state index in [2.05, 4.69) is 33.9 Å². The van der Waals surface area contributed by atoms with Crippen LogP contribution < -0.4 is 0 Å². The summed E-state index contributed by atoms with van der Waals surface area (Å²) in [6, 6.07) is 0. The third-order valence-electron chi connectivity index (χ3n) is 4.42. The minimum Gasteiger partial charge on any atom is -0.478 e. The molecule has 5 heteroatoms. The summed E-state index contributed by atoms with van der Waals surface area (Å²) in [7, 11) is -1.67. The maximum atomic E-state index is 6.55. The Balaban J connectivity index is 2.55. The van der Waals surface area contributed by atoms with Crippen molar-refractivity contribution < 1.29 is 9.16 Å². The van der Waals surface area contributed by atoms with E-state index in [0.717, 1.165) is 6.61 Å². The van der Waals surface area contributed by atoms with Crippen molar-refractivity contribution in [2.75, 3.05) is 12.9 Å². The van der Waals surface area contributed by atoms with Crippen LogP contribution in [0, 0.1) is 5.92 Å². The van der Waals surface area contributed by atoms with Gasteiger partial charge in [0.25, 0.3) is 0 Å². The van der Waals surface area contributed by atoms with Crippen LogP contribution in [0.5, 0.6) is 0 Å². The average molecular weight is 321 g/mol. The van der Waals surface area contributed by atoms with Gasteiger partial charge in [0.05, 0.1) is 12.7 Å². The quantitative estimate of drug-likeness (QED) is 0.544. The molecule has 112 valence electrons. The predicted octanol–water partition coefficient (Wildman–Crippen LogP) is 4.84. The van der Waals surface area contributed by atoms with Gasteiger partial charge in [-0.15, -0.1) is 0 Å². The van der Waals surface area contributed by atoms with E-state index in [9.17, 15) is 0 Å². The summed E-state index contributed by atoms with van der Waals surface area (Å²) >= 11 is 6.61. The normalized spacial score (nSPS) is 24.5. The van der Waals surface area contributed by atoms with Gasteiger partial charge in [-0.2, -0.15) is 0 Å². The monoisotopic (exact) mass is 320 g/mol. The molecule has 1 fully saturated rings. The lowest BCUT2D eigenvalue weighted by atomic mass is 10.1. The third-order valence-corrected chi connectivity index (χ3v) is 10.00.